The standard InChI is InChI=1S/C17H28N2O3/c1-12(2)15-8-6-7-9-16(15)18-17(21)13(3)19(4)10-14(20)11-22-5/h6-9,12-14,20H,10-11H2,1-5H3,(H,18,21). The Morgan fingerprint density at radius 1 is 1.32 bits per heavy atom. The Bertz CT molecular complexity index is 477. The number of ether oxygens (including phenoxy) is 1. The summed E-state index contributed by atoms with van der Waals surface area (Å²) in [6, 6.07) is 7.49. The summed E-state index contributed by atoms with van der Waals surface area (Å²) in [5, 5.41) is 12.7. The molecule has 0 saturated heterocycles. The van der Waals surface area contributed by atoms with Crippen LogP contribution in [0.2, 0.25) is 0 Å². The Morgan fingerprint density at radius 2 is 1.95 bits per heavy atom. The summed E-state index contributed by atoms with van der Waals surface area (Å²) in [5.41, 5.74) is 1.96. The third-order valence-corrected chi connectivity index (χ3v) is 3.74. The monoisotopic (exact) mass is 308 g/mol. The van der Waals surface area contributed by atoms with Gasteiger partial charge in [-0.1, -0.05) is 32.0 Å². The number of aliphatic hydroxyl groups excluding tert-OH is 1. The molecule has 2 atom stereocenters. The Kier molecular flexibility index (Phi) is 7.51. The fourth-order valence-electron chi connectivity index (χ4n) is 2.29. The van der Waals surface area contributed by atoms with E-state index in [0.29, 0.717) is 12.5 Å². The first-order chi connectivity index (χ1) is 10.4. The van der Waals surface area contributed by atoms with E-state index in [-0.39, 0.29) is 18.6 Å². The van der Waals surface area contributed by atoms with Gasteiger partial charge < -0.3 is 15.2 Å². The minimum Gasteiger partial charge on any atom is -0.389 e. The van der Waals surface area contributed by atoms with E-state index in [1.54, 1.807) is 7.11 Å². The molecule has 0 spiro atoms. The molecule has 1 aromatic carbocycles. The fraction of sp³-hybridized carbons (Fsp3) is 0.588. The zero-order valence-electron chi connectivity index (χ0n) is 14.2. The average Bonchev–Trinajstić information content (AvgIpc) is 2.46. The summed E-state index contributed by atoms with van der Waals surface area (Å²) in [4.78, 5) is 14.2. The van der Waals surface area contributed by atoms with Gasteiger partial charge in [0.15, 0.2) is 0 Å². The van der Waals surface area contributed by atoms with Crippen LogP contribution in [0.15, 0.2) is 24.3 Å². The van der Waals surface area contributed by atoms with Crippen molar-refractivity contribution in [2.45, 2.75) is 38.8 Å². The van der Waals surface area contributed by atoms with Crippen LogP contribution in [-0.2, 0) is 9.53 Å². The van der Waals surface area contributed by atoms with E-state index in [0.717, 1.165) is 11.3 Å². The zero-order valence-corrected chi connectivity index (χ0v) is 14.2. The number of hydrogen-bond donors (Lipinski definition) is 2. The van der Waals surface area contributed by atoms with Crippen LogP contribution >= 0.6 is 0 Å². The zero-order chi connectivity index (χ0) is 16.7. The van der Waals surface area contributed by atoms with Gasteiger partial charge >= 0.3 is 0 Å². The van der Waals surface area contributed by atoms with Crippen LogP contribution in [0.5, 0.6) is 0 Å². The Morgan fingerprint density at radius 3 is 2.55 bits per heavy atom. The lowest BCUT2D eigenvalue weighted by Crippen LogP contribution is -2.44. The van der Waals surface area contributed by atoms with Gasteiger partial charge in [0.2, 0.25) is 5.91 Å². The van der Waals surface area contributed by atoms with Crippen LogP contribution in [0.4, 0.5) is 5.69 Å². The molecule has 0 aliphatic heterocycles. The number of nitrogens with one attached hydrogen (secondary N) is 1. The van der Waals surface area contributed by atoms with Crippen molar-refractivity contribution in [3.05, 3.63) is 29.8 Å². The average molecular weight is 308 g/mol. The number of rotatable bonds is 8. The van der Waals surface area contributed by atoms with Gasteiger partial charge in [-0.25, -0.2) is 0 Å². The van der Waals surface area contributed by atoms with E-state index in [9.17, 15) is 9.90 Å². The molecule has 1 rings (SSSR count). The topological polar surface area (TPSA) is 61.8 Å². The lowest BCUT2D eigenvalue weighted by molar-refractivity contribution is -0.120. The van der Waals surface area contributed by atoms with Crippen LogP contribution in [0, 0.1) is 0 Å². The number of likely N-dealkylation sites (N-methyl/N-ethyl adjacent to an activating group) is 1. The Hall–Kier alpha value is -1.43. The first kappa shape index (κ1) is 18.6. The second-order valence-corrected chi connectivity index (χ2v) is 5.96. The first-order valence-corrected chi connectivity index (χ1v) is 7.63. The summed E-state index contributed by atoms with van der Waals surface area (Å²) in [5.74, 6) is 0.258. The summed E-state index contributed by atoms with van der Waals surface area (Å²) in [6.07, 6.45) is -0.604. The van der Waals surface area contributed by atoms with E-state index in [1.165, 1.54) is 0 Å². The summed E-state index contributed by atoms with van der Waals surface area (Å²) in [7, 11) is 3.36. The van der Waals surface area contributed by atoms with Crippen molar-refractivity contribution in [2.75, 3.05) is 32.6 Å². The number of carbonyl (C=O) groups is 1. The first-order valence-electron chi connectivity index (χ1n) is 7.63. The molecule has 0 aliphatic rings. The summed E-state index contributed by atoms with van der Waals surface area (Å²) in [6.45, 7) is 6.67. The van der Waals surface area contributed by atoms with Crippen LogP contribution < -0.4 is 5.32 Å². The van der Waals surface area contributed by atoms with E-state index in [1.807, 2.05) is 43.1 Å². The maximum absolute atomic E-state index is 12.4. The molecule has 1 amide bonds. The number of anilines is 1. The molecule has 0 aliphatic carbocycles. The third-order valence-electron chi connectivity index (χ3n) is 3.74. The molecule has 2 N–H and O–H groups in total. The minimum atomic E-state index is -0.604. The molecular weight excluding hydrogens is 280 g/mol. The van der Waals surface area contributed by atoms with Crippen LogP contribution in [0.3, 0.4) is 0 Å². The predicted molar refractivity (Wildman–Crippen MR) is 89.1 cm³/mol. The van der Waals surface area contributed by atoms with Crippen molar-refractivity contribution < 1.29 is 14.6 Å². The molecule has 5 heteroatoms. The molecule has 0 fully saturated rings. The summed E-state index contributed by atoms with van der Waals surface area (Å²) < 4.78 is 4.91. The molecule has 124 valence electrons. The van der Waals surface area contributed by atoms with E-state index < -0.39 is 6.10 Å². The van der Waals surface area contributed by atoms with Gasteiger partial charge in [0, 0.05) is 19.3 Å². The lowest BCUT2D eigenvalue weighted by Gasteiger charge is -2.26. The SMILES string of the molecule is COCC(O)CN(C)C(C)C(=O)Nc1ccccc1C(C)C. The van der Waals surface area contributed by atoms with Gasteiger partial charge in [-0.3, -0.25) is 9.69 Å². The molecule has 1 aromatic rings. The molecule has 0 aromatic heterocycles. The van der Waals surface area contributed by atoms with Gasteiger partial charge in [-0.05, 0) is 31.5 Å². The number of carbonyl (C=O) groups excluding carboxylic acids is 1. The quantitative estimate of drug-likeness (QED) is 0.772. The molecule has 22 heavy (non-hydrogen) atoms. The second-order valence-electron chi connectivity index (χ2n) is 5.96. The molecule has 0 bridgehead atoms. The lowest BCUT2D eigenvalue weighted by atomic mass is 10.0. The van der Waals surface area contributed by atoms with Crippen molar-refractivity contribution in [3.8, 4) is 0 Å². The number of aliphatic hydroxyl groups is 1. The maximum atomic E-state index is 12.4. The molecule has 2 unspecified atom stereocenters. The van der Waals surface area contributed by atoms with Gasteiger partial charge in [-0.2, -0.15) is 0 Å². The van der Waals surface area contributed by atoms with Crippen LogP contribution in [-0.4, -0.2) is 55.4 Å². The van der Waals surface area contributed by atoms with E-state index >= 15 is 0 Å². The van der Waals surface area contributed by atoms with Gasteiger partial charge in [0.25, 0.3) is 0 Å². The van der Waals surface area contributed by atoms with Crippen molar-refractivity contribution >= 4 is 11.6 Å². The van der Waals surface area contributed by atoms with Crippen LogP contribution in [0.25, 0.3) is 0 Å². The van der Waals surface area contributed by atoms with Gasteiger partial charge in [-0.15, -0.1) is 0 Å². The third kappa shape index (κ3) is 5.40. The molecular formula is C17H28N2O3. The molecule has 0 heterocycles. The number of benzene rings is 1. The predicted octanol–water partition coefficient (Wildman–Crippen LogP) is 2.08. The highest BCUT2D eigenvalue weighted by Gasteiger charge is 2.21. The number of para-hydroxylation sites is 1. The van der Waals surface area contributed by atoms with E-state index in [2.05, 4.69) is 19.2 Å². The maximum Gasteiger partial charge on any atom is 0.241 e. The number of methoxy groups -OCH3 is 1. The Balaban J connectivity index is 2.68. The van der Waals surface area contributed by atoms with Crippen molar-refractivity contribution in [3.63, 3.8) is 0 Å². The second kappa shape index (κ2) is 8.88. The number of amides is 1. The molecule has 0 radical (unpaired) electrons. The highest BCUT2D eigenvalue weighted by atomic mass is 16.5. The minimum absolute atomic E-state index is 0.0831. The Labute approximate surface area is 133 Å². The van der Waals surface area contributed by atoms with Crippen molar-refractivity contribution in [1.82, 2.24) is 4.90 Å². The van der Waals surface area contributed by atoms with Gasteiger partial charge in [0.1, 0.15) is 0 Å². The van der Waals surface area contributed by atoms with Gasteiger partial charge in [0.05, 0.1) is 18.8 Å². The summed E-state index contributed by atoms with van der Waals surface area (Å²) >= 11 is 0. The number of hydrogen-bond acceptors (Lipinski definition) is 4. The van der Waals surface area contributed by atoms with E-state index in [4.69, 9.17) is 4.74 Å². The smallest absolute Gasteiger partial charge is 0.241 e. The normalized spacial score (nSPS) is 14.2. The highest BCUT2D eigenvalue weighted by Crippen LogP contribution is 2.23. The fourth-order valence-corrected chi connectivity index (χ4v) is 2.29. The van der Waals surface area contributed by atoms with Crippen LogP contribution in [0.1, 0.15) is 32.3 Å². The largest absolute Gasteiger partial charge is 0.389 e. The highest BCUT2D eigenvalue weighted by molar-refractivity contribution is 5.95. The number of nitrogens with zero attached hydrogens (tertiary/aromatic N) is 1. The van der Waals surface area contributed by atoms with Crippen molar-refractivity contribution in [2.24, 2.45) is 0 Å². The molecule has 0 saturated carbocycles. The molecule has 5 nitrogen and oxygen atoms in total. The van der Waals surface area contributed by atoms with Crippen molar-refractivity contribution in [1.29, 1.82) is 0 Å².